The van der Waals surface area contributed by atoms with Crippen molar-refractivity contribution in [1.82, 2.24) is 9.21 Å². The molecule has 0 fully saturated rings. The molecule has 0 aliphatic rings. The quantitative estimate of drug-likeness (QED) is 0.740. The van der Waals surface area contributed by atoms with Gasteiger partial charge >= 0.3 is 0 Å². The summed E-state index contributed by atoms with van der Waals surface area (Å²) in [6, 6.07) is 3.28. The molecule has 1 aromatic rings. The fraction of sp³-hybridized carbons (Fsp3) is 0.571. The molecule has 1 rings (SSSR count). The van der Waals surface area contributed by atoms with Crippen molar-refractivity contribution in [2.24, 2.45) is 0 Å². The van der Waals surface area contributed by atoms with Gasteiger partial charge in [0.05, 0.1) is 4.90 Å². The van der Waals surface area contributed by atoms with Crippen LogP contribution >= 0.6 is 15.9 Å². The van der Waals surface area contributed by atoms with Crippen molar-refractivity contribution in [1.29, 1.82) is 0 Å². The molecule has 1 aromatic carbocycles. The van der Waals surface area contributed by atoms with Gasteiger partial charge in [-0.1, -0.05) is 6.92 Å². The molecule has 0 atom stereocenters. The Morgan fingerprint density at radius 2 is 1.86 bits per heavy atom. The Morgan fingerprint density at radius 1 is 1.24 bits per heavy atom. The maximum absolute atomic E-state index is 12.8. The number of sulfonamides is 1. The van der Waals surface area contributed by atoms with Crippen molar-refractivity contribution in [3.63, 3.8) is 0 Å². The number of rotatable bonds is 7. The molecule has 120 valence electrons. The lowest BCUT2D eigenvalue weighted by Gasteiger charge is -2.22. The summed E-state index contributed by atoms with van der Waals surface area (Å²) >= 11 is 3.32. The normalized spacial score (nSPS) is 12.3. The Hall–Kier alpha value is -0.630. The maximum Gasteiger partial charge on any atom is 0.243 e. The van der Waals surface area contributed by atoms with E-state index in [1.54, 1.807) is 13.0 Å². The van der Waals surface area contributed by atoms with Crippen LogP contribution in [0.1, 0.15) is 18.9 Å². The molecule has 0 radical (unpaired) electrons. The van der Waals surface area contributed by atoms with E-state index in [9.17, 15) is 8.42 Å². The Morgan fingerprint density at radius 3 is 2.38 bits per heavy atom. The zero-order valence-electron chi connectivity index (χ0n) is 13.1. The number of hydrogen-bond donors (Lipinski definition) is 1. The molecule has 0 saturated carbocycles. The van der Waals surface area contributed by atoms with Crippen LogP contribution in [0, 0.1) is 6.92 Å². The van der Waals surface area contributed by atoms with Crippen LogP contribution in [0.15, 0.2) is 21.5 Å². The summed E-state index contributed by atoms with van der Waals surface area (Å²) in [7, 11) is 0.448. The number of halogens is 1. The van der Waals surface area contributed by atoms with E-state index < -0.39 is 10.0 Å². The first-order chi connectivity index (χ1) is 9.70. The lowest BCUT2D eigenvalue weighted by Crippen LogP contribution is -2.33. The lowest BCUT2D eigenvalue weighted by molar-refractivity contribution is 0.356. The minimum Gasteiger partial charge on any atom is -0.398 e. The van der Waals surface area contributed by atoms with Crippen LogP contribution < -0.4 is 5.73 Å². The van der Waals surface area contributed by atoms with E-state index in [2.05, 4.69) is 15.9 Å². The van der Waals surface area contributed by atoms with Crippen molar-refractivity contribution < 1.29 is 8.42 Å². The Bertz CT molecular complexity index is 588. The average molecular weight is 378 g/mol. The predicted octanol–water partition coefficient (Wildman–Crippen LogP) is 2.30. The molecule has 0 spiro atoms. The summed E-state index contributed by atoms with van der Waals surface area (Å²) in [6.07, 6.45) is 0.797. The topological polar surface area (TPSA) is 66.6 Å². The number of nitrogens with zero attached hydrogens (tertiary/aromatic N) is 2. The van der Waals surface area contributed by atoms with Gasteiger partial charge in [-0.15, -0.1) is 0 Å². The molecule has 5 nitrogen and oxygen atoms in total. The first kappa shape index (κ1) is 18.4. The van der Waals surface area contributed by atoms with Gasteiger partial charge in [-0.2, -0.15) is 4.31 Å². The molecule has 0 aromatic heterocycles. The van der Waals surface area contributed by atoms with Gasteiger partial charge < -0.3 is 10.6 Å². The Labute approximate surface area is 136 Å². The Balaban J connectivity index is 3.05. The highest BCUT2D eigenvalue weighted by atomic mass is 79.9. The molecule has 0 amide bonds. The third-order valence-electron chi connectivity index (χ3n) is 3.28. The molecular weight excluding hydrogens is 354 g/mol. The van der Waals surface area contributed by atoms with Crippen molar-refractivity contribution in [2.45, 2.75) is 25.2 Å². The van der Waals surface area contributed by atoms with Gasteiger partial charge in [0.1, 0.15) is 0 Å². The second-order valence-electron chi connectivity index (χ2n) is 5.29. The molecule has 0 aliphatic carbocycles. The summed E-state index contributed by atoms with van der Waals surface area (Å²) in [5, 5.41) is 0. The highest BCUT2D eigenvalue weighted by Gasteiger charge is 2.25. The number of aryl methyl sites for hydroxylation is 1. The van der Waals surface area contributed by atoms with Crippen molar-refractivity contribution in [3.8, 4) is 0 Å². The fourth-order valence-corrected chi connectivity index (χ4v) is 4.28. The van der Waals surface area contributed by atoms with Crippen molar-refractivity contribution >= 4 is 31.6 Å². The van der Waals surface area contributed by atoms with E-state index >= 15 is 0 Å². The predicted molar refractivity (Wildman–Crippen MR) is 90.9 cm³/mol. The van der Waals surface area contributed by atoms with Crippen LogP contribution in [0.3, 0.4) is 0 Å². The third kappa shape index (κ3) is 4.67. The van der Waals surface area contributed by atoms with Crippen LogP contribution in [0.2, 0.25) is 0 Å². The van der Waals surface area contributed by atoms with E-state index in [-0.39, 0.29) is 4.90 Å². The zero-order valence-corrected chi connectivity index (χ0v) is 15.5. The van der Waals surface area contributed by atoms with Crippen LogP contribution in [0.4, 0.5) is 5.69 Å². The third-order valence-corrected chi connectivity index (χ3v) is 6.08. The van der Waals surface area contributed by atoms with Crippen molar-refractivity contribution in [2.75, 3.05) is 39.5 Å². The summed E-state index contributed by atoms with van der Waals surface area (Å²) in [5.74, 6) is 0. The molecule has 2 N–H and O–H groups in total. The van der Waals surface area contributed by atoms with Gasteiger partial charge in [0.25, 0.3) is 0 Å². The molecule has 0 saturated heterocycles. The smallest absolute Gasteiger partial charge is 0.243 e. The van der Waals surface area contributed by atoms with E-state index in [4.69, 9.17) is 5.73 Å². The van der Waals surface area contributed by atoms with Gasteiger partial charge in [0.2, 0.25) is 10.0 Å². The van der Waals surface area contributed by atoms with Crippen molar-refractivity contribution in [3.05, 3.63) is 22.2 Å². The van der Waals surface area contributed by atoms with Gasteiger partial charge in [0, 0.05) is 23.2 Å². The highest BCUT2D eigenvalue weighted by molar-refractivity contribution is 9.10. The van der Waals surface area contributed by atoms with Crippen LogP contribution in [-0.2, 0) is 10.0 Å². The largest absolute Gasteiger partial charge is 0.398 e. The minimum absolute atomic E-state index is 0.287. The summed E-state index contributed by atoms with van der Waals surface area (Å²) < 4.78 is 27.8. The molecular formula is C14H24BrN3O2S. The van der Waals surface area contributed by atoms with Crippen LogP contribution in [0.25, 0.3) is 0 Å². The molecule has 0 unspecified atom stereocenters. The second kappa shape index (κ2) is 7.58. The van der Waals surface area contributed by atoms with E-state index in [1.165, 1.54) is 10.4 Å². The van der Waals surface area contributed by atoms with E-state index in [0.717, 1.165) is 17.4 Å². The van der Waals surface area contributed by atoms with E-state index in [0.29, 0.717) is 24.3 Å². The number of nitrogen functional groups attached to an aromatic ring is 1. The summed E-state index contributed by atoms with van der Waals surface area (Å²) in [5.41, 5.74) is 6.96. The first-order valence-electron chi connectivity index (χ1n) is 6.90. The Kier molecular flexibility index (Phi) is 6.65. The molecule has 0 bridgehead atoms. The standard InChI is InChI=1S/C14H24BrN3O2S/c1-5-18(8-6-7-17(3)4)21(19,20)14-10-13(16)12(15)9-11(14)2/h9-10H,5-8,16H2,1-4H3. The molecule has 21 heavy (non-hydrogen) atoms. The monoisotopic (exact) mass is 377 g/mol. The average Bonchev–Trinajstić information content (AvgIpc) is 2.38. The van der Waals surface area contributed by atoms with Crippen LogP contribution in [-0.4, -0.2) is 51.4 Å². The second-order valence-corrected chi connectivity index (χ2v) is 8.05. The maximum atomic E-state index is 12.8. The van der Waals surface area contributed by atoms with Gasteiger partial charge in [-0.3, -0.25) is 0 Å². The highest BCUT2D eigenvalue weighted by Crippen LogP contribution is 2.28. The van der Waals surface area contributed by atoms with Gasteiger partial charge in [0.15, 0.2) is 0 Å². The minimum atomic E-state index is -3.51. The van der Waals surface area contributed by atoms with Gasteiger partial charge in [-0.25, -0.2) is 8.42 Å². The van der Waals surface area contributed by atoms with Gasteiger partial charge in [-0.05, 0) is 67.6 Å². The molecule has 0 heterocycles. The number of anilines is 1. The summed E-state index contributed by atoms with van der Waals surface area (Å²) in [6.45, 7) is 5.45. The molecule has 0 aliphatic heterocycles. The van der Waals surface area contributed by atoms with E-state index in [1.807, 2.05) is 25.9 Å². The lowest BCUT2D eigenvalue weighted by atomic mass is 10.2. The number of benzene rings is 1. The zero-order chi connectivity index (χ0) is 16.2. The number of hydrogen-bond acceptors (Lipinski definition) is 4. The SMILES string of the molecule is CCN(CCCN(C)C)S(=O)(=O)c1cc(N)c(Br)cc1C. The first-order valence-corrected chi connectivity index (χ1v) is 9.14. The summed E-state index contributed by atoms with van der Waals surface area (Å²) in [4.78, 5) is 2.33. The fourth-order valence-electron chi connectivity index (χ4n) is 2.10. The number of nitrogens with two attached hydrogens (primary N) is 1. The van der Waals surface area contributed by atoms with Crippen LogP contribution in [0.5, 0.6) is 0 Å². The molecule has 7 heteroatoms.